The molecule has 0 unspecified atom stereocenters. The second kappa shape index (κ2) is 3.91. The zero-order valence-electron chi connectivity index (χ0n) is 8.52. The Bertz CT molecular complexity index is 325. The van der Waals surface area contributed by atoms with Crippen LogP contribution >= 0.6 is 0 Å². The van der Waals surface area contributed by atoms with Gasteiger partial charge in [-0.15, -0.1) is 12.3 Å². The van der Waals surface area contributed by atoms with Gasteiger partial charge in [-0.2, -0.15) is 0 Å². The summed E-state index contributed by atoms with van der Waals surface area (Å²) in [5, 5.41) is 8.87. The van der Waals surface area contributed by atoms with E-state index < -0.39 is 29.7 Å². The van der Waals surface area contributed by atoms with Gasteiger partial charge in [-0.25, -0.2) is 4.79 Å². The summed E-state index contributed by atoms with van der Waals surface area (Å²) in [4.78, 5) is 22.2. The van der Waals surface area contributed by atoms with Gasteiger partial charge in [0.25, 0.3) is 0 Å². The Hall–Kier alpha value is -1.54. The molecule has 2 atom stereocenters. The fourth-order valence-corrected chi connectivity index (χ4v) is 1.38. The third-order valence-corrected chi connectivity index (χ3v) is 2.01. The van der Waals surface area contributed by atoms with Crippen molar-refractivity contribution in [1.82, 2.24) is 0 Å². The van der Waals surface area contributed by atoms with Crippen molar-refractivity contribution in [1.29, 1.82) is 0 Å². The molecule has 1 aliphatic heterocycles. The van der Waals surface area contributed by atoms with Gasteiger partial charge in [-0.1, -0.05) is 0 Å². The van der Waals surface area contributed by atoms with Gasteiger partial charge in [-0.05, 0) is 0 Å². The smallest absolute Gasteiger partial charge is 0.338 e. The van der Waals surface area contributed by atoms with Crippen LogP contribution in [0.5, 0.6) is 0 Å². The fourth-order valence-electron chi connectivity index (χ4n) is 1.38. The van der Waals surface area contributed by atoms with Crippen LogP contribution in [0.3, 0.4) is 0 Å². The number of hydrogen-bond acceptors (Lipinski definition) is 4. The number of carbonyl (C=O) groups excluding carboxylic acids is 1. The molecule has 1 saturated heterocycles. The monoisotopic (exact) mass is 212 g/mol. The molecule has 1 heterocycles. The number of aliphatic carboxylic acids is 1. The van der Waals surface area contributed by atoms with E-state index in [0.717, 1.165) is 0 Å². The van der Waals surface area contributed by atoms with Gasteiger partial charge < -0.3 is 14.6 Å². The van der Waals surface area contributed by atoms with Crippen LogP contribution in [0.2, 0.25) is 0 Å². The first kappa shape index (κ1) is 11.5. The summed E-state index contributed by atoms with van der Waals surface area (Å²) in [6.07, 6.45) is 3.85. The molecule has 1 fully saturated rings. The molecule has 0 aromatic carbocycles. The average molecular weight is 212 g/mol. The minimum Gasteiger partial charge on any atom is -0.481 e. The minimum absolute atomic E-state index is 0.0643. The summed E-state index contributed by atoms with van der Waals surface area (Å²) in [5.74, 6) is -1.76. The minimum atomic E-state index is -1.16. The molecule has 0 amide bonds. The molecule has 5 heteroatoms. The molecule has 1 rings (SSSR count). The molecule has 15 heavy (non-hydrogen) atoms. The van der Waals surface area contributed by atoms with Crippen LogP contribution in [0, 0.1) is 18.3 Å². The number of cyclic esters (lactones) is 1. The number of carboxylic acid groups (broad SMARTS) is 1. The van der Waals surface area contributed by atoms with Crippen molar-refractivity contribution < 1.29 is 24.2 Å². The maximum Gasteiger partial charge on any atom is 0.338 e. The van der Waals surface area contributed by atoms with Crippen LogP contribution in [-0.2, 0) is 19.1 Å². The molecule has 0 aliphatic carbocycles. The van der Waals surface area contributed by atoms with Gasteiger partial charge in [0.05, 0.1) is 0 Å². The normalized spacial score (nSPS) is 25.4. The van der Waals surface area contributed by atoms with E-state index in [1.165, 1.54) is 0 Å². The number of hydrogen-bond donors (Lipinski definition) is 1. The molecule has 1 aliphatic rings. The van der Waals surface area contributed by atoms with Crippen LogP contribution < -0.4 is 0 Å². The highest BCUT2D eigenvalue weighted by Crippen LogP contribution is 2.29. The van der Waals surface area contributed by atoms with E-state index in [-0.39, 0.29) is 6.42 Å². The molecule has 0 bridgehead atoms. The number of ether oxygens (including phenoxy) is 2. The Labute approximate surface area is 87.4 Å². The molecule has 1 N–H and O–H groups in total. The summed E-state index contributed by atoms with van der Waals surface area (Å²) in [6.45, 7) is 3.08. The van der Waals surface area contributed by atoms with Crippen LogP contribution in [0.4, 0.5) is 0 Å². The molecule has 0 spiro atoms. The number of esters is 1. The Kier molecular flexibility index (Phi) is 3.01. The predicted molar refractivity (Wildman–Crippen MR) is 49.6 cm³/mol. The van der Waals surface area contributed by atoms with Crippen molar-refractivity contribution in [3.8, 4) is 12.3 Å². The maximum atomic E-state index is 11.3. The zero-order chi connectivity index (χ0) is 11.6. The lowest BCUT2D eigenvalue weighted by molar-refractivity contribution is -0.163. The lowest BCUT2D eigenvalue weighted by Crippen LogP contribution is -2.33. The van der Waals surface area contributed by atoms with E-state index in [4.69, 9.17) is 21.0 Å². The third-order valence-electron chi connectivity index (χ3n) is 2.01. The molecule has 82 valence electrons. The quantitative estimate of drug-likeness (QED) is 0.541. The van der Waals surface area contributed by atoms with E-state index >= 15 is 0 Å². The lowest BCUT2D eigenvalue weighted by Gasteiger charge is -2.17. The van der Waals surface area contributed by atoms with E-state index in [2.05, 4.69) is 5.92 Å². The van der Waals surface area contributed by atoms with Crippen molar-refractivity contribution in [3.63, 3.8) is 0 Å². The Morgan fingerprint density at radius 1 is 1.73 bits per heavy atom. The van der Waals surface area contributed by atoms with E-state index in [1.807, 2.05) is 0 Å². The van der Waals surface area contributed by atoms with Crippen molar-refractivity contribution in [2.75, 3.05) is 0 Å². The van der Waals surface area contributed by atoms with Gasteiger partial charge in [0.2, 0.25) is 5.79 Å². The molecular weight excluding hydrogens is 200 g/mol. The Balaban J connectivity index is 2.83. The van der Waals surface area contributed by atoms with Crippen molar-refractivity contribution in [2.24, 2.45) is 5.92 Å². The Morgan fingerprint density at radius 2 is 2.33 bits per heavy atom. The van der Waals surface area contributed by atoms with Crippen molar-refractivity contribution >= 4 is 11.9 Å². The van der Waals surface area contributed by atoms with Gasteiger partial charge in [0, 0.05) is 20.3 Å². The fraction of sp³-hybridized carbons (Fsp3) is 0.600. The standard InChI is InChI=1S/C10H12O5/c1-4-5-6(8(11)12)7-9(13)15-10(2,3)14-7/h1,6-7H,5H2,2-3H3,(H,11,12)/t6-,7+/m1/s1. The molecular formula is C10H12O5. The van der Waals surface area contributed by atoms with Crippen LogP contribution in [0.25, 0.3) is 0 Å². The Morgan fingerprint density at radius 3 is 2.67 bits per heavy atom. The highest BCUT2D eigenvalue weighted by atomic mass is 16.8. The zero-order valence-corrected chi connectivity index (χ0v) is 8.52. The first-order valence-corrected chi connectivity index (χ1v) is 4.44. The number of carboxylic acids is 1. The summed E-state index contributed by atoms with van der Waals surface area (Å²) in [7, 11) is 0. The molecule has 5 nitrogen and oxygen atoms in total. The van der Waals surface area contributed by atoms with Crippen LogP contribution in [-0.4, -0.2) is 28.9 Å². The van der Waals surface area contributed by atoms with E-state index in [0.29, 0.717) is 0 Å². The second-order valence-corrected chi connectivity index (χ2v) is 3.71. The highest BCUT2D eigenvalue weighted by molar-refractivity contribution is 5.84. The second-order valence-electron chi connectivity index (χ2n) is 3.71. The third kappa shape index (κ3) is 2.48. The van der Waals surface area contributed by atoms with Gasteiger partial charge >= 0.3 is 11.9 Å². The maximum absolute atomic E-state index is 11.3. The van der Waals surface area contributed by atoms with E-state index in [1.54, 1.807) is 13.8 Å². The molecule has 0 aromatic heterocycles. The number of rotatable bonds is 3. The first-order chi connectivity index (χ1) is 6.87. The van der Waals surface area contributed by atoms with Gasteiger partial charge in [0.1, 0.15) is 5.92 Å². The lowest BCUT2D eigenvalue weighted by atomic mass is 9.99. The van der Waals surface area contributed by atoms with Crippen molar-refractivity contribution in [2.45, 2.75) is 32.2 Å². The topological polar surface area (TPSA) is 72.8 Å². The first-order valence-electron chi connectivity index (χ1n) is 4.44. The molecule has 0 radical (unpaired) electrons. The summed E-state index contributed by atoms with van der Waals surface area (Å²) in [5.41, 5.74) is 0. The summed E-state index contributed by atoms with van der Waals surface area (Å²) < 4.78 is 10.0. The summed E-state index contributed by atoms with van der Waals surface area (Å²) in [6, 6.07) is 0. The predicted octanol–water partition coefficient (Wildman–Crippen LogP) is 0.389. The molecule has 0 saturated carbocycles. The largest absolute Gasteiger partial charge is 0.481 e. The SMILES string of the molecule is C#CC[C@@H](C(=O)O)[C@@H]1OC(C)(C)OC1=O. The number of terminal acetylenes is 1. The van der Waals surface area contributed by atoms with E-state index in [9.17, 15) is 9.59 Å². The number of carbonyl (C=O) groups is 2. The molecule has 0 aromatic rings. The van der Waals surface area contributed by atoms with Gasteiger partial charge in [-0.3, -0.25) is 4.79 Å². The highest BCUT2D eigenvalue weighted by Gasteiger charge is 2.47. The average Bonchev–Trinajstić information content (AvgIpc) is 2.35. The van der Waals surface area contributed by atoms with Crippen LogP contribution in [0.1, 0.15) is 20.3 Å². The van der Waals surface area contributed by atoms with Gasteiger partial charge in [0.15, 0.2) is 6.10 Å². The summed E-state index contributed by atoms with van der Waals surface area (Å²) >= 11 is 0. The van der Waals surface area contributed by atoms with Crippen LogP contribution in [0.15, 0.2) is 0 Å². The van der Waals surface area contributed by atoms with Crippen molar-refractivity contribution in [3.05, 3.63) is 0 Å².